The van der Waals surface area contributed by atoms with Crippen molar-refractivity contribution in [3.8, 4) is 11.1 Å². The van der Waals surface area contributed by atoms with Crippen LogP contribution in [0.15, 0.2) is 66.7 Å². The van der Waals surface area contributed by atoms with E-state index in [0.717, 1.165) is 22.3 Å². The average Bonchev–Trinajstić information content (AvgIpc) is 3.16. The summed E-state index contributed by atoms with van der Waals surface area (Å²) >= 11 is 5.87. The van der Waals surface area contributed by atoms with E-state index >= 15 is 0 Å². The Bertz CT molecular complexity index is 1210. The van der Waals surface area contributed by atoms with E-state index < -0.39 is 24.0 Å². The van der Waals surface area contributed by atoms with Crippen LogP contribution in [-0.2, 0) is 9.53 Å². The maximum atomic E-state index is 12.7. The van der Waals surface area contributed by atoms with Crippen molar-refractivity contribution in [1.82, 2.24) is 5.32 Å². The summed E-state index contributed by atoms with van der Waals surface area (Å²) < 4.78 is 5.51. The number of alkyl carbamates (subject to hydrolysis) is 1. The molecule has 0 saturated heterocycles. The van der Waals surface area contributed by atoms with Crippen LogP contribution in [0.5, 0.6) is 0 Å². The molecular weight excluding hydrogens is 456 g/mol. The van der Waals surface area contributed by atoms with E-state index in [-0.39, 0.29) is 28.8 Å². The van der Waals surface area contributed by atoms with Gasteiger partial charge in [0.1, 0.15) is 12.6 Å². The molecule has 1 atom stereocenters. The number of benzene rings is 3. The lowest BCUT2D eigenvalue weighted by molar-refractivity contribution is -0.118. The zero-order chi connectivity index (χ0) is 24.2. The van der Waals surface area contributed by atoms with Crippen LogP contribution in [0, 0.1) is 0 Å². The molecule has 3 aromatic carbocycles. The highest BCUT2D eigenvalue weighted by molar-refractivity contribution is 6.33. The van der Waals surface area contributed by atoms with Crippen LogP contribution in [0.1, 0.15) is 40.7 Å². The van der Waals surface area contributed by atoms with E-state index in [1.165, 1.54) is 18.2 Å². The second-order valence-electron chi connectivity index (χ2n) is 7.92. The minimum Gasteiger partial charge on any atom is -0.478 e. The average molecular weight is 479 g/mol. The van der Waals surface area contributed by atoms with E-state index in [9.17, 15) is 19.5 Å². The lowest BCUT2D eigenvalue weighted by atomic mass is 9.98. The lowest BCUT2D eigenvalue weighted by Crippen LogP contribution is -2.43. The largest absolute Gasteiger partial charge is 0.478 e. The molecule has 0 spiro atoms. The molecule has 3 aromatic rings. The molecule has 0 unspecified atom stereocenters. The molecule has 8 heteroatoms. The predicted molar refractivity (Wildman–Crippen MR) is 129 cm³/mol. The first kappa shape index (κ1) is 23.3. The van der Waals surface area contributed by atoms with E-state index in [4.69, 9.17) is 16.3 Å². The molecule has 0 aliphatic heterocycles. The Morgan fingerprint density at radius 3 is 2.21 bits per heavy atom. The fraction of sp³-hybridized carbons (Fsp3) is 0.192. The number of anilines is 1. The zero-order valence-corrected chi connectivity index (χ0v) is 19.1. The maximum absolute atomic E-state index is 12.7. The molecule has 3 N–H and O–H groups in total. The number of hydrogen-bond acceptors (Lipinski definition) is 4. The summed E-state index contributed by atoms with van der Waals surface area (Å²) in [4.78, 5) is 36.5. The fourth-order valence-corrected chi connectivity index (χ4v) is 4.33. The second-order valence-corrected chi connectivity index (χ2v) is 8.33. The van der Waals surface area contributed by atoms with Crippen molar-refractivity contribution >= 4 is 35.3 Å². The van der Waals surface area contributed by atoms with E-state index in [0.29, 0.717) is 6.42 Å². The number of amides is 2. The third-order valence-corrected chi connectivity index (χ3v) is 6.15. The van der Waals surface area contributed by atoms with Crippen LogP contribution in [0.2, 0.25) is 5.02 Å². The standard InChI is InChI=1S/C26H23ClN2O5/c1-2-23(24(30)28-15-11-12-22(27)20(13-15)25(31)32)29-26(33)34-14-21-18-9-5-3-7-16(18)17-8-4-6-10-19(17)21/h3-13,21,23H,2,14H2,1H3,(H,28,30)(H,29,33)(H,31,32)/t23-/m1/s1. The Labute approximate surface area is 201 Å². The SMILES string of the molecule is CC[C@@H](NC(=O)OCC1c2ccccc2-c2ccccc21)C(=O)Nc1ccc(Cl)c(C(=O)O)c1. The highest BCUT2D eigenvalue weighted by atomic mass is 35.5. The van der Waals surface area contributed by atoms with Crippen molar-refractivity contribution in [3.63, 3.8) is 0 Å². The molecule has 1 aliphatic carbocycles. The van der Waals surface area contributed by atoms with Gasteiger partial charge >= 0.3 is 12.1 Å². The second kappa shape index (κ2) is 9.97. The minimum atomic E-state index is -1.20. The van der Waals surface area contributed by atoms with E-state index in [2.05, 4.69) is 22.8 Å². The maximum Gasteiger partial charge on any atom is 0.407 e. The van der Waals surface area contributed by atoms with Crippen molar-refractivity contribution in [2.45, 2.75) is 25.3 Å². The summed E-state index contributed by atoms with van der Waals surface area (Å²) in [6.07, 6.45) is -0.388. The fourth-order valence-electron chi connectivity index (χ4n) is 4.13. The van der Waals surface area contributed by atoms with Crippen molar-refractivity contribution in [2.24, 2.45) is 0 Å². The monoisotopic (exact) mass is 478 g/mol. The molecule has 4 rings (SSSR count). The van der Waals surface area contributed by atoms with Gasteiger partial charge in [0.15, 0.2) is 0 Å². The molecule has 0 bridgehead atoms. The van der Waals surface area contributed by atoms with Gasteiger partial charge in [0.25, 0.3) is 0 Å². The molecule has 7 nitrogen and oxygen atoms in total. The number of halogens is 1. The van der Waals surface area contributed by atoms with Crippen molar-refractivity contribution in [1.29, 1.82) is 0 Å². The van der Waals surface area contributed by atoms with Gasteiger partial charge in [-0.2, -0.15) is 0 Å². The quantitative estimate of drug-likeness (QED) is 0.427. The Hall–Kier alpha value is -3.84. The third kappa shape index (κ3) is 4.75. The number of carbonyl (C=O) groups excluding carboxylic acids is 2. The highest BCUT2D eigenvalue weighted by Crippen LogP contribution is 2.44. The van der Waals surface area contributed by atoms with Crippen molar-refractivity contribution < 1.29 is 24.2 Å². The number of ether oxygens (including phenoxy) is 1. The summed E-state index contributed by atoms with van der Waals surface area (Å²) in [6.45, 7) is 1.88. The Balaban J connectivity index is 1.39. The molecule has 2 amide bonds. The van der Waals surface area contributed by atoms with Crippen LogP contribution >= 0.6 is 11.6 Å². The number of carbonyl (C=O) groups is 3. The van der Waals surface area contributed by atoms with Crippen LogP contribution in [0.4, 0.5) is 10.5 Å². The topological polar surface area (TPSA) is 105 Å². The summed E-state index contributed by atoms with van der Waals surface area (Å²) in [5.74, 6) is -1.78. The predicted octanol–water partition coefficient (Wildman–Crippen LogP) is 5.29. The number of rotatable bonds is 7. The van der Waals surface area contributed by atoms with Gasteiger partial charge in [-0.3, -0.25) is 4.79 Å². The van der Waals surface area contributed by atoms with Crippen LogP contribution in [-0.4, -0.2) is 35.7 Å². The Morgan fingerprint density at radius 2 is 1.62 bits per heavy atom. The molecule has 0 fully saturated rings. The summed E-state index contributed by atoms with van der Waals surface area (Å²) in [5.41, 5.74) is 4.58. The van der Waals surface area contributed by atoms with Gasteiger partial charge in [-0.05, 0) is 46.9 Å². The number of nitrogens with one attached hydrogen (secondary N) is 2. The number of fused-ring (bicyclic) bond motifs is 3. The van der Waals surface area contributed by atoms with Crippen molar-refractivity contribution in [2.75, 3.05) is 11.9 Å². The molecule has 0 heterocycles. The molecule has 0 radical (unpaired) electrons. The first-order valence-electron chi connectivity index (χ1n) is 10.8. The molecular formula is C26H23ClN2O5. The van der Waals surface area contributed by atoms with E-state index in [1.807, 2.05) is 36.4 Å². The number of hydrogen-bond donors (Lipinski definition) is 3. The van der Waals surface area contributed by atoms with Gasteiger partial charge in [0, 0.05) is 11.6 Å². The number of aromatic carboxylic acids is 1. The van der Waals surface area contributed by atoms with Gasteiger partial charge in [-0.1, -0.05) is 67.1 Å². The lowest BCUT2D eigenvalue weighted by Gasteiger charge is -2.19. The normalized spacial score (nSPS) is 12.9. The van der Waals surface area contributed by atoms with Crippen LogP contribution in [0.3, 0.4) is 0 Å². The number of carboxylic acids is 1. The van der Waals surface area contributed by atoms with Gasteiger partial charge in [0.05, 0.1) is 10.6 Å². The first-order valence-corrected chi connectivity index (χ1v) is 11.2. The molecule has 174 valence electrons. The molecule has 34 heavy (non-hydrogen) atoms. The van der Waals surface area contributed by atoms with Crippen molar-refractivity contribution in [3.05, 3.63) is 88.4 Å². The van der Waals surface area contributed by atoms with Gasteiger partial charge < -0.3 is 20.5 Å². The Morgan fingerprint density at radius 1 is 1.00 bits per heavy atom. The molecule has 1 aliphatic rings. The van der Waals surface area contributed by atoms with E-state index in [1.54, 1.807) is 6.92 Å². The zero-order valence-electron chi connectivity index (χ0n) is 18.4. The smallest absolute Gasteiger partial charge is 0.407 e. The van der Waals surface area contributed by atoms with Gasteiger partial charge in [-0.25, -0.2) is 9.59 Å². The first-order chi connectivity index (χ1) is 16.4. The summed E-state index contributed by atoms with van der Waals surface area (Å²) in [5, 5.41) is 14.5. The molecule has 0 saturated carbocycles. The van der Waals surface area contributed by atoms with Gasteiger partial charge in [-0.15, -0.1) is 0 Å². The van der Waals surface area contributed by atoms with Gasteiger partial charge in [0.2, 0.25) is 5.91 Å². The highest BCUT2D eigenvalue weighted by Gasteiger charge is 2.29. The van der Waals surface area contributed by atoms with Crippen LogP contribution < -0.4 is 10.6 Å². The minimum absolute atomic E-state index is 0.0642. The van der Waals surface area contributed by atoms with Crippen LogP contribution in [0.25, 0.3) is 11.1 Å². The third-order valence-electron chi connectivity index (χ3n) is 5.82. The number of carboxylic acid groups (broad SMARTS) is 1. The Kier molecular flexibility index (Phi) is 6.84. The molecule has 0 aromatic heterocycles. The summed E-state index contributed by atoms with van der Waals surface area (Å²) in [6, 6.07) is 19.3. The summed E-state index contributed by atoms with van der Waals surface area (Å²) in [7, 11) is 0.